The van der Waals surface area contributed by atoms with Crippen molar-refractivity contribution in [2.24, 2.45) is 0 Å². The first kappa shape index (κ1) is 6.92. The van der Waals surface area contributed by atoms with Crippen molar-refractivity contribution in [2.45, 2.75) is 0 Å². The molecule has 0 saturated heterocycles. The highest BCUT2D eigenvalue weighted by atomic mass is 16.1. The minimum Gasteiger partial charge on any atom is -0.363 e. The van der Waals surface area contributed by atoms with Gasteiger partial charge in [-0.1, -0.05) is 0 Å². The summed E-state index contributed by atoms with van der Waals surface area (Å²) in [6, 6.07) is 0. The van der Waals surface area contributed by atoms with Crippen LogP contribution in [0, 0.1) is 5.41 Å². The zero-order valence-electron chi connectivity index (χ0n) is 4.93. The third-order valence-electron chi connectivity index (χ3n) is 0.677. The first-order valence-corrected chi connectivity index (χ1v) is 2.15. The van der Waals surface area contributed by atoms with Crippen LogP contribution in [0.2, 0.25) is 0 Å². The molecule has 0 aliphatic heterocycles. The summed E-state index contributed by atoms with van der Waals surface area (Å²) in [6.45, 7) is 0. The van der Waals surface area contributed by atoms with Crippen molar-refractivity contribution >= 4 is 11.8 Å². The van der Waals surface area contributed by atoms with Crippen LogP contribution in [-0.2, 0) is 4.79 Å². The van der Waals surface area contributed by atoms with Crippen LogP contribution in [0.1, 0.15) is 0 Å². The van der Waals surface area contributed by atoms with Crippen LogP contribution in [-0.4, -0.2) is 30.8 Å². The molecule has 44 valence electrons. The fourth-order valence-electron chi connectivity index (χ4n) is 0.185. The molecule has 0 aromatic rings. The molecule has 0 bridgehead atoms. The molecule has 0 unspecified atom stereocenters. The SMILES string of the molecule is CN(C)C(=N)C=C=O. The predicted molar refractivity (Wildman–Crippen MR) is 31.7 cm³/mol. The molecule has 0 atom stereocenters. The van der Waals surface area contributed by atoms with E-state index in [4.69, 9.17) is 5.41 Å². The van der Waals surface area contributed by atoms with E-state index < -0.39 is 0 Å². The van der Waals surface area contributed by atoms with Gasteiger partial charge in [0.15, 0.2) is 0 Å². The zero-order chi connectivity index (χ0) is 6.57. The van der Waals surface area contributed by atoms with Gasteiger partial charge in [0.05, 0.1) is 6.08 Å². The molecule has 0 aliphatic rings. The topological polar surface area (TPSA) is 44.2 Å². The summed E-state index contributed by atoms with van der Waals surface area (Å²) in [4.78, 5) is 11.1. The Morgan fingerprint density at radius 3 is 2.38 bits per heavy atom. The second kappa shape index (κ2) is 2.99. The Kier molecular flexibility index (Phi) is 2.59. The van der Waals surface area contributed by atoms with E-state index in [2.05, 4.69) is 0 Å². The van der Waals surface area contributed by atoms with Crippen LogP contribution >= 0.6 is 0 Å². The number of nitrogens with zero attached hydrogens (tertiary/aromatic N) is 1. The van der Waals surface area contributed by atoms with Gasteiger partial charge < -0.3 is 4.90 Å². The first-order valence-electron chi connectivity index (χ1n) is 2.15. The van der Waals surface area contributed by atoms with Crippen molar-refractivity contribution < 1.29 is 4.79 Å². The van der Waals surface area contributed by atoms with Gasteiger partial charge in [-0.3, -0.25) is 5.41 Å². The molecule has 0 amide bonds. The molecule has 0 fully saturated rings. The lowest BCUT2D eigenvalue weighted by molar-refractivity contribution is 0.568. The van der Waals surface area contributed by atoms with E-state index in [1.54, 1.807) is 14.1 Å². The summed E-state index contributed by atoms with van der Waals surface area (Å²) in [6.07, 6.45) is 1.07. The van der Waals surface area contributed by atoms with Crippen LogP contribution in [0.5, 0.6) is 0 Å². The minimum absolute atomic E-state index is 0.167. The van der Waals surface area contributed by atoms with Gasteiger partial charge in [-0.25, -0.2) is 4.79 Å². The quantitative estimate of drug-likeness (QED) is 0.293. The maximum absolute atomic E-state index is 9.57. The van der Waals surface area contributed by atoms with E-state index in [1.165, 1.54) is 10.8 Å². The lowest BCUT2D eigenvalue weighted by atomic mass is 10.5. The summed E-state index contributed by atoms with van der Waals surface area (Å²) in [5.74, 6) is 1.67. The van der Waals surface area contributed by atoms with Crippen molar-refractivity contribution in [2.75, 3.05) is 14.1 Å². The van der Waals surface area contributed by atoms with Crippen LogP contribution in [0.3, 0.4) is 0 Å². The Morgan fingerprint density at radius 1 is 1.75 bits per heavy atom. The molecule has 0 spiro atoms. The van der Waals surface area contributed by atoms with Crippen molar-refractivity contribution in [3.8, 4) is 0 Å². The highest BCUT2D eigenvalue weighted by Crippen LogP contribution is 1.75. The fourth-order valence-corrected chi connectivity index (χ4v) is 0.185. The molecule has 0 heterocycles. The maximum Gasteiger partial charge on any atom is 0.131 e. The second-order valence-corrected chi connectivity index (χ2v) is 1.54. The van der Waals surface area contributed by atoms with Gasteiger partial charge in [-0.05, 0) is 0 Å². The predicted octanol–water partition coefficient (Wildman–Crippen LogP) is -0.0869. The normalized spacial score (nSPS) is 7.25. The van der Waals surface area contributed by atoms with Crippen molar-refractivity contribution in [3.63, 3.8) is 0 Å². The third-order valence-corrected chi connectivity index (χ3v) is 0.677. The molecule has 8 heavy (non-hydrogen) atoms. The number of likely N-dealkylation sites (N-methyl/N-ethyl adjacent to an activating group) is 1. The molecule has 0 rings (SSSR count). The standard InChI is InChI=1S/C5H8N2O/c1-7(2)5(6)3-4-8/h3,6H,1-2H3. The molecule has 0 saturated carbocycles. The van der Waals surface area contributed by atoms with Gasteiger partial charge in [0.2, 0.25) is 0 Å². The molecular formula is C5H8N2O. The maximum atomic E-state index is 9.57. The van der Waals surface area contributed by atoms with Crippen LogP contribution < -0.4 is 0 Å². The van der Waals surface area contributed by atoms with Crippen LogP contribution in [0.4, 0.5) is 0 Å². The summed E-state index contributed by atoms with van der Waals surface area (Å²) in [7, 11) is 3.38. The molecular weight excluding hydrogens is 104 g/mol. The minimum atomic E-state index is 0.167. The van der Waals surface area contributed by atoms with E-state index in [-0.39, 0.29) is 5.84 Å². The van der Waals surface area contributed by atoms with Gasteiger partial charge in [0.1, 0.15) is 11.8 Å². The first-order chi connectivity index (χ1) is 3.68. The highest BCUT2D eigenvalue weighted by Gasteiger charge is 1.89. The van der Waals surface area contributed by atoms with E-state index in [9.17, 15) is 4.79 Å². The Labute approximate surface area is 48.1 Å². The second-order valence-electron chi connectivity index (χ2n) is 1.54. The summed E-state index contributed by atoms with van der Waals surface area (Å²) in [5, 5.41) is 6.95. The van der Waals surface area contributed by atoms with E-state index in [0.717, 1.165) is 6.08 Å². The van der Waals surface area contributed by atoms with Crippen LogP contribution in [0.15, 0.2) is 6.08 Å². The van der Waals surface area contributed by atoms with Crippen LogP contribution in [0.25, 0.3) is 0 Å². The molecule has 0 radical (unpaired) electrons. The molecule has 0 aliphatic carbocycles. The molecule has 0 aromatic carbocycles. The van der Waals surface area contributed by atoms with E-state index >= 15 is 0 Å². The van der Waals surface area contributed by atoms with Gasteiger partial charge in [0, 0.05) is 14.1 Å². The Morgan fingerprint density at radius 2 is 2.25 bits per heavy atom. The van der Waals surface area contributed by atoms with Gasteiger partial charge in [-0.15, -0.1) is 0 Å². The largest absolute Gasteiger partial charge is 0.363 e. The van der Waals surface area contributed by atoms with Gasteiger partial charge in [0.25, 0.3) is 0 Å². The average Bonchev–Trinajstić information content (AvgIpc) is 1.67. The van der Waals surface area contributed by atoms with E-state index in [1.807, 2.05) is 0 Å². The number of carbonyl (C=O) groups excluding carboxylic acids is 1. The molecule has 3 nitrogen and oxygen atoms in total. The summed E-state index contributed by atoms with van der Waals surface area (Å²) >= 11 is 0. The summed E-state index contributed by atoms with van der Waals surface area (Å²) < 4.78 is 0. The van der Waals surface area contributed by atoms with Crippen molar-refractivity contribution in [3.05, 3.63) is 6.08 Å². The average molecular weight is 112 g/mol. The van der Waals surface area contributed by atoms with Gasteiger partial charge >= 0.3 is 0 Å². The lowest BCUT2D eigenvalue weighted by Gasteiger charge is -2.06. The number of amidine groups is 1. The number of rotatable bonds is 1. The summed E-state index contributed by atoms with van der Waals surface area (Å²) in [5.41, 5.74) is 0. The smallest absolute Gasteiger partial charge is 0.131 e. The van der Waals surface area contributed by atoms with E-state index in [0.29, 0.717) is 0 Å². The Hall–Kier alpha value is -1.08. The number of hydrogen-bond acceptors (Lipinski definition) is 2. The Bertz CT molecular complexity index is 133. The highest BCUT2D eigenvalue weighted by molar-refractivity contribution is 5.95. The third kappa shape index (κ3) is 2.16. The number of hydrogen-bond donors (Lipinski definition) is 1. The molecule has 0 aromatic heterocycles. The lowest BCUT2D eigenvalue weighted by Crippen LogP contribution is -2.18. The Balaban J connectivity index is 3.84. The van der Waals surface area contributed by atoms with Gasteiger partial charge in [-0.2, -0.15) is 0 Å². The van der Waals surface area contributed by atoms with Crippen molar-refractivity contribution in [1.29, 1.82) is 5.41 Å². The monoisotopic (exact) mass is 112 g/mol. The number of nitrogens with one attached hydrogen (secondary N) is 1. The molecule has 3 heteroatoms. The zero-order valence-corrected chi connectivity index (χ0v) is 4.93. The molecule has 1 N–H and O–H groups in total. The fraction of sp³-hybridized carbons (Fsp3) is 0.400. The van der Waals surface area contributed by atoms with Crippen molar-refractivity contribution in [1.82, 2.24) is 4.90 Å².